The monoisotopic (exact) mass is 362 g/mol. The lowest BCUT2D eigenvalue weighted by Gasteiger charge is -2.24. The number of aromatic amines is 1. The Balaban J connectivity index is 2.50. The molecule has 0 bridgehead atoms. The van der Waals surface area contributed by atoms with Crippen molar-refractivity contribution in [3.05, 3.63) is 37.6 Å². The van der Waals surface area contributed by atoms with E-state index < -0.39 is 41.9 Å². The molecular formula is C12H15BrN2O6. The summed E-state index contributed by atoms with van der Waals surface area (Å²) in [7, 11) is 0. The maximum atomic E-state index is 11.9. The first kappa shape index (κ1) is 16.1. The van der Waals surface area contributed by atoms with Gasteiger partial charge in [0.1, 0.15) is 17.8 Å². The molecule has 4 N–H and O–H groups in total. The Bertz CT molecular complexity index is 668. The van der Waals surface area contributed by atoms with Crippen LogP contribution in [0.15, 0.2) is 20.8 Å². The zero-order valence-electron chi connectivity index (χ0n) is 11.1. The van der Waals surface area contributed by atoms with Gasteiger partial charge in [-0.2, -0.15) is 0 Å². The second-order valence-electron chi connectivity index (χ2n) is 4.96. The van der Waals surface area contributed by atoms with Gasteiger partial charge in [0.2, 0.25) is 0 Å². The third-order valence-electron chi connectivity index (χ3n) is 3.46. The number of H-pyrrole nitrogens is 1. The Morgan fingerprint density at radius 2 is 2.19 bits per heavy atom. The van der Waals surface area contributed by atoms with Crippen molar-refractivity contribution >= 4 is 22.0 Å². The Morgan fingerprint density at radius 3 is 2.71 bits per heavy atom. The summed E-state index contributed by atoms with van der Waals surface area (Å²) in [5, 5.41) is 29.2. The maximum Gasteiger partial charge on any atom is 0.330 e. The van der Waals surface area contributed by atoms with E-state index in [1.807, 2.05) is 0 Å². The summed E-state index contributed by atoms with van der Waals surface area (Å²) in [6.07, 6.45) is -1.39. The molecule has 1 aliphatic heterocycles. The van der Waals surface area contributed by atoms with Gasteiger partial charge in [0.05, 0.1) is 12.2 Å². The first-order valence-corrected chi connectivity index (χ1v) is 7.02. The lowest BCUT2D eigenvalue weighted by Crippen LogP contribution is -2.43. The molecule has 1 aromatic heterocycles. The van der Waals surface area contributed by atoms with Crippen molar-refractivity contribution in [1.29, 1.82) is 0 Å². The molecule has 1 aromatic rings. The molecule has 0 aromatic carbocycles. The molecule has 2 heterocycles. The van der Waals surface area contributed by atoms with Crippen molar-refractivity contribution in [1.82, 2.24) is 9.55 Å². The van der Waals surface area contributed by atoms with Crippen LogP contribution in [0.3, 0.4) is 0 Å². The van der Waals surface area contributed by atoms with E-state index in [1.165, 1.54) is 24.2 Å². The van der Waals surface area contributed by atoms with E-state index in [2.05, 4.69) is 20.9 Å². The fraction of sp³-hybridized carbons (Fsp3) is 0.500. The van der Waals surface area contributed by atoms with Crippen LogP contribution in [0.4, 0.5) is 0 Å². The number of nitrogens with one attached hydrogen (secondary N) is 1. The molecule has 21 heavy (non-hydrogen) atoms. The summed E-state index contributed by atoms with van der Waals surface area (Å²) in [4.78, 5) is 27.0. The van der Waals surface area contributed by atoms with Crippen LogP contribution in [0.5, 0.6) is 0 Å². The molecule has 8 nitrogen and oxygen atoms in total. The number of aliphatic hydroxyl groups is 3. The fourth-order valence-electron chi connectivity index (χ4n) is 2.16. The van der Waals surface area contributed by atoms with E-state index >= 15 is 0 Å². The number of nitrogens with zero attached hydrogens (tertiary/aromatic N) is 1. The largest absolute Gasteiger partial charge is 0.393 e. The van der Waals surface area contributed by atoms with Crippen molar-refractivity contribution in [3.8, 4) is 0 Å². The summed E-state index contributed by atoms with van der Waals surface area (Å²) in [5.74, 6) is 0. The molecule has 0 saturated carbocycles. The van der Waals surface area contributed by atoms with Crippen molar-refractivity contribution < 1.29 is 20.1 Å². The second kappa shape index (κ2) is 5.85. The second-order valence-corrected chi connectivity index (χ2v) is 5.49. The Morgan fingerprint density at radius 1 is 1.52 bits per heavy atom. The van der Waals surface area contributed by atoms with E-state index in [0.29, 0.717) is 0 Å². The number of aromatic nitrogens is 2. The highest BCUT2D eigenvalue weighted by Gasteiger charge is 2.51. The Kier molecular flexibility index (Phi) is 4.49. The van der Waals surface area contributed by atoms with Gasteiger partial charge in [-0.15, -0.1) is 0 Å². The van der Waals surface area contributed by atoms with Gasteiger partial charge in [0.25, 0.3) is 5.56 Å². The molecule has 0 spiro atoms. The van der Waals surface area contributed by atoms with Crippen LogP contribution in [-0.2, 0) is 4.74 Å². The molecule has 4 atom stereocenters. The summed E-state index contributed by atoms with van der Waals surface area (Å²) in [6, 6.07) is 0. The summed E-state index contributed by atoms with van der Waals surface area (Å²) in [6.45, 7) is 0.880. The lowest BCUT2D eigenvalue weighted by atomic mass is 9.99. The summed E-state index contributed by atoms with van der Waals surface area (Å²) >= 11 is 3.02. The van der Waals surface area contributed by atoms with E-state index in [-0.39, 0.29) is 5.56 Å². The first-order chi connectivity index (χ1) is 9.84. The third-order valence-corrected chi connectivity index (χ3v) is 3.72. The Labute approximate surface area is 127 Å². The van der Waals surface area contributed by atoms with Crippen LogP contribution < -0.4 is 11.2 Å². The molecule has 9 heteroatoms. The smallest absolute Gasteiger partial charge is 0.330 e. The highest BCUT2D eigenvalue weighted by atomic mass is 79.9. The molecule has 1 unspecified atom stereocenters. The highest BCUT2D eigenvalue weighted by Crippen LogP contribution is 2.35. The average molecular weight is 363 g/mol. The number of aliphatic hydroxyl groups excluding tert-OH is 3. The molecule has 1 fully saturated rings. The van der Waals surface area contributed by atoms with Gasteiger partial charge in [-0.05, 0) is 18.0 Å². The molecule has 1 saturated heterocycles. The van der Waals surface area contributed by atoms with Crippen LogP contribution in [0, 0.1) is 0 Å². The van der Waals surface area contributed by atoms with Gasteiger partial charge in [0, 0.05) is 6.20 Å². The molecular weight excluding hydrogens is 348 g/mol. The van der Waals surface area contributed by atoms with E-state index in [0.717, 1.165) is 4.57 Å². The predicted molar refractivity (Wildman–Crippen MR) is 76.9 cm³/mol. The lowest BCUT2D eigenvalue weighted by molar-refractivity contribution is -0.117. The minimum atomic E-state index is -1.42. The van der Waals surface area contributed by atoms with Crippen molar-refractivity contribution in [3.63, 3.8) is 0 Å². The quantitative estimate of drug-likeness (QED) is 0.541. The van der Waals surface area contributed by atoms with Crippen LogP contribution in [-0.4, -0.2) is 49.3 Å². The van der Waals surface area contributed by atoms with Crippen molar-refractivity contribution in [2.75, 3.05) is 6.61 Å². The van der Waals surface area contributed by atoms with Gasteiger partial charge < -0.3 is 20.1 Å². The van der Waals surface area contributed by atoms with Gasteiger partial charge in [0.15, 0.2) is 6.23 Å². The van der Waals surface area contributed by atoms with E-state index in [9.17, 15) is 24.9 Å². The van der Waals surface area contributed by atoms with Gasteiger partial charge >= 0.3 is 5.69 Å². The maximum absolute atomic E-state index is 11.9. The van der Waals surface area contributed by atoms with Crippen molar-refractivity contribution in [2.24, 2.45) is 0 Å². The number of rotatable bonds is 3. The normalized spacial score (nSPS) is 32.9. The van der Waals surface area contributed by atoms with Crippen LogP contribution in [0.1, 0.15) is 18.7 Å². The zero-order chi connectivity index (χ0) is 15.8. The number of halogens is 1. The molecule has 2 rings (SSSR count). The fourth-order valence-corrected chi connectivity index (χ4v) is 2.45. The predicted octanol–water partition coefficient (Wildman–Crippen LogP) is -1.10. The third kappa shape index (κ3) is 2.74. The van der Waals surface area contributed by atoms with Crippen LogP contribution >= 0.6 is 15.9 Å². The minimum absolute atomic E-state index is 0.161. The minimum Gasteiger partial charge on any atom is -0.393 e. The van der Waals surface area contributed by atoms with Gasteiger partial charge in [-0.3, -0.25) is 14.3 Å². The van der Waals surface area contributed by atoms with E-state index in [1.54, 1.807) is 0 Å². The van der Waals surface area contributed by atoms with Gasteiger partial charge in [-0.1, -0.05) is 15.9 Å². The average Bonchev–Trinajstić information content (AvgIpc) is 2.67. The molecule has 0 amide bonds. The zero-order valence-corrected chi connectivity index (χ0v) is 12.6. The SMILES string of the molecule is CC1(CO)O[C@@H](n2cc(/C=C/Br)c(=O)[nH]c2=O)[C@H](O)[C@@H]1O. The summed E-state index contributed by atoms with van der Waals surface area (Å²) in [5.41, 5.74) is -2.62. The highest BCUT2D eigenvalue weighted by molar-refractivity contribution is 9.11. The van der Waals surface area contributed by atoms with Crippen LogP contribution in [0.2, 0.25) is 0 Å². The molecule has 0 aliphatic carbocycles. The number of hydrogen-bond donors (Lipinski definition) is 4. The molecule has 1 aliphatic rings. The molecule has 0 radical (unpaired) electrons. The van der Waals surface area contributed by atoms with Crippen molar-refractivity contribution in [2.45, 2.75) is 31.0 Å². The van der Waals surface area contributed by atoms with Gasteiger partial charge in [-0.25, -0.2) is 4.79 Å². The Hall–Kier alpha value is -1.26. The molecule has 116 valence electrons. The number of ether oxygens (including phenoxy) is 1. The standard InChI is InChI=1S/C12H15BrN2O6/c1-12(5-16)8(18)7(17)10(21-12)15-4-6(2-3-13)9(19)14-11(15)20/h2-4,7-8,10,16-18H,5H2,1H3,(H,14,19,20)/b3-2+/t7-,8+,10-,12?/m1/s1. The summed E-state index contributed by atoms with van der Waals surface area (Å²) < 4.78 is 6.39. The van der Waals surface area contributed by atoms with E-state index in [4.69, 9.17) is 4.74 Å². The number of hydrogen-bond acceptors (Lipinski definition) is 6. The van der Waals surface area contributed by atoms with Crippen LogP contribution in [0.25, 0.3) is 6.08 Å². The topological polar surface area (TPSA) is 125 Å². The first-order valence-electron chi connectivity index (χ1n) is 6.11.